The minimum atomic E-state index is -4.77. The fraction of sp³-hybridized carbons (Fsp3) is 0.348. The van der Waals surface area contributed by atoms with Crippen molar-refractivity contribution in [1.29, 1.82) is 0 Å². The van der Waals surface area contributed by atoms with E-state index in [-0.39, 0.29) is 17.1 Å². The van der Waals surface area contributed by atoms with Crippen molar-refractivity contribution < 1.29 is 22.7 Å². The van der Waals surface area contributed by atoms with Gasteiger partial charge in [-0.2, -0.15) is 0 Å². The second-order valence-electron chi connectivity index (χ2n) is 8.06. The van der Waals surface area contributed by atoms with Gasteiger partial charge in [0.05, 0.1) is 0 Å². The first-order chi connectivity index (χ1) is 13.9. The van der Waals surface area contributed by atoms with Crippen molar-refractivity contribution in [3.63, 3.8) is 0 Å². The van der Waals surface area contributed by atoms with Crippen molar-refractivity contribution in [2.24, 2.45) is 0 Å². The number of hydrogen-bond acceptors (Lipinski definition) is 3. The molecule has 0 radical (unpaired) electrons. The number of nitrogens with one attached hydrogen (secondary N) is 1. The summed E-state index contributed by atoms with van der Waals surface area (Å²) in [5.74, 6) is -0.637. The number of carbonyl (C=O) groups excluding carboxylic acids is 1. The first kappa shape index (κ1) is 23.5. The zero-order chi connectivity index (χ0) is 22.5. The minimum absolute atomic E-state index is 0.00448. The van der Waals surface area contributed by atoms with E-state index in [4.69, 9.17) is 0 Å². The summed E-state index contributed by atoms with van der Waals surface area (Å²) in [4.78, 5) is 14.8. The van der Waals surface area contributed by atoms with Crippen LogP contribution in [0.4, 0.5) is 18.9 Å². The Morgan fingerprint density at radius 1 is 1.10 bits per heavy atom. The van der Waals surface area contributed by atoms with Crippen LogP contribution in [0.25, 0.3) is 0 Å². The summed E-state index contributed by atoms with van der Waals surface area (Å²) in [6, 6.07) is 12.2. The van der Waals surface area contributed by atoms with Crippen LogP contribution in [0, 0.1) is 0 Å². The number of rotatable bonds is 7. The highest BCUT2D eigenvalue weighted by atomic mass is 19.4. The standard InChI is InChI=1S/C23H27F3N2O2/c1-6-15-28(5)20(16-7-13-19(14-8-16)30-23(24,25)26)21(29)27-18-11-9-17(10-12-18)22(2,3)4/h6-14,20H,1,15H2,2-5H3,(H,27,29)/t20-/m0/s1. The lowest BCUT2D eigenvalue weighted by molar-refractivity contribution is -0.274. The number of carbonyl (C=O) groups is 1. The van der Waals surface area contributed by atoms with Crippen molar-refractivity contribution in [2.45, 2.75) is 38.6 Å². The van der Waals surface area contributed by atoms with E-state index in [1.165, 1.54) is 24.3 Å². The van der Waals surface area contributed by atoms with Gasteiger partial charge < -0.3 is 10.1 Å². The third kappa shape index (κ3) is 6.62. The van der Waals surface area contributed by atoms with Crippen molar-refractivity contribution in [2.75, 3.05) is 18.9 Å². The van der Waals surface area contributed by atoms with E-state index in [9.17, 15) is 18.0 Å². The van der Waals surface area contributed by atoms with Crippen molar-refractivity contribution in [3.05, 3.63) is 72.3 Å². The van der Waals surface area contributed by atoms with Gasteiger partial charge in [-0.05, 0) is 47.9 Å². The van der Waals surface area contributed by atoms with E-state index < -0.39 is 12.4 Å². The maximum absolute atomic E-state index is 13.0. The van der Waals surface area contributed by atoms with Gasteiger partial charge in [-0.1, -0.05) is 51.1 Å². The summed E-state index contributed by atoms with van der Waals surface area (Å²) in [7, 11) is 1.74. The molecule has 2 rings (SSSR count). The average Bonchev–Trinajstić information content (AvgIpc) is 2.62. The van der Waals surface area contributed by atoms with Crippen LogP contribution in [-0.4, -0.2) is 30.8 Å². The fourth-order valence-electron chi connectivity index (χ4n) is 3.03. The summed E-state index contributed by atoms with van der Waals surface area (Å²) in [5, 5.41) is 2.89. The average molecular weight is 420 g/mol. The molecule has 30 heavy (non-hydrogen) atoms. The van der Waals surface area contributed by atoms with E-state index >= 15 is 0 Å². The largest absolute Gasteiger partial charge is 0.573 e. The highest BCUT2D eigenvalue weighted by Gasteiger charge is 2.31. The van der Waals surface area contributed by atoms with Crippen molar-refractivity contribution >= 4 is 11.6 Å². The first-order valence-corrected chi connectivity index (χ1v) is 9.49. The van der Waals surface area contributed by atoms with Crippen LogP contribution in [-0.2, 0) is 10.2 Å². The minimum Gasteiger partial charge on any atom is -0.406 e. The molecule has 0 spiro atoms. The number of benzene rings is 2. The smallest absolute Gasteiger partial charge is 0.406 e. The molecule has 0 saturated heterocycles. The maximum atomic E-state index is 13.0. The van der Waals surface area contributed by atoms with Crippen molar-refractivity contribution in [1.82, 2.24) is 4.90 Å². The molecule has 4 nitrogen and oxygen atoms in total. The Kier molecular flexibility index (Phi) is 7.31. The van der Waals surface area contributed by atoms with Crippen LogP contribution >= 0.6 is 0 Å². The number of likely N-dealkylation sites (N-methyl/N-ethyl adjacent to an activating group) is 1. The Bertz CT molecular complexity index is 854. The van der Waals surface area contributed by atoms with E-state index in [2.05, 4.69) is 37.4 Å². The molecular formula is C23H27F3N2O2. The predicted molar refractivity (Wildman–Crippen MR) is 112 cm³/mol. The second kappa shape index (κ2) is 9.34. The molecule has 0 aliphatic carbocycles. The van der Waals surface area contributed by atoms with Gasteiger partial charge in [-0.25, -0.2) is 0 Å². The maximum Gasteiger partial charge on any atom is 0.573 e. The summed E-state index contributed by atoms with van der Waals surface area (Å²) >= 11 is 0. The zero-order valence-corrected chi connectivity index (χ0v) is 17.6. The molecule has 0 unspecified atom stereocenters. The molecule has 2 aromatic rings. The van der Waals surface area contributed by atoms with Crippen LogP contribution in [0.2, 0.25) is 0 Å². The lowest BCUT2D eigenvalue weighted by Gasteiger charge is -2.27. The molecule has 1 N–H and O–H groups in total. The summed E-state index contributed by atoms with van der Waals surface area (Å²) in [5.41, 5.74) is 2.32. The molecule has 0 aliphatic heterocycles. The van der Waals surface area contributed by atoms with E-state index in [1.54, 1.807) is 18.0 Å². The van der Waals surface area contributed by atoms with E-state index in [0.717, 1.165) is 5.56 Å². The predicted octanol–water partition coefficient (Wildman–Crippen LogP) is 5.68. The number of amides is 1. The SMILES string of the molecule is C=CCN(C)[C@H](C(=O)Nc1ccc(C(C)(C)C)cc1)c1ccc(OC(F)(F)F)cc1. The number of ether oxygens (including phenoxy) is 1. The molecule has 0 saturated carbocycles. The van der Waals surface area contributed by atoms with Crippen LogP contribution in [0.1, 0.15) is 37.9 Å². The molecule has 0 fully saturated rings. The van der Waals surface area contributed by atoms with Crippen molar-refractivity contribution in [3.8, 4) is 5.75 Å². The molecule has 1 amide bonds. The summed E-state index contributed by atoms with van der Waals surface area (Å²) in [6.45, 7) is 10.4. The number of alkyl halides is 3. The zero-order valence-electron chi connectivity index (χ0n) is 17.6. The second-order valence-corrected chi connectivity index (χ2v) is 8.06. The number of anilines is 1. The third-order valence-corrected chi connectivity index (χ3v) is 4.55. The van der Waals surface area contributed by atoms with Crippen LogP contribution in [0.5, 0.6) is 5.75 Å². The molecule has 2 aromatic carbocycles. The molecule has 162 valence electrons. The third-order valence-electron chi connectivity index (χ3n) is 4.55. The van der Waals surface area contributed by atoms with Gasteiger partial charge in [0.15, 0.2) is 0 Å². The molecule has 0 bridgehead atoms. The topological polar surface area (TPSA) is 41.6 Å². The highest BCUT2D eigenvalue weighted by Crippen LogP contribution is 2.28. The molecule has 0 heterocycles. The highest BCUT2D eigenvalue weighted by molar-refractivity contribution is 5.95. The number of halogens is 3. The molecule has 7 heteroatoms. The molecular weight excluding hydrogens is 393 g/mol. The normalized spacial score (nSPS) is 13.1. The Labute approximate surface area is 175 Å². The lowest BCUT2D eigenvalue weighted by atomic mass is 9.87. The van der Waals surface area contributed by atoms with Gasteiger partial charge in [0, 0.05) is 12.2 Å². The fourth-order valence-corrected chi connectivity index (χ4v) is 3.03. The Balaban J connectivity index is 2.23. The molecule has 1 atom stereocenters. The summed E-state index contributed by atoms with van der Waals surface area (Å²) < 4.78 is 41.1. The van der Waals surface area contributed by atoms with Gasteiger partial charge in [-0.15, -0.1) is 19.8 Å². The van der Waals surface area contributed by atoms with Crippen LogP contribution in [0.3, 0.4) is 0 Å². The molecule has 0 aliphatic rings. The van der Waals surface area contributed by atoms with E-state index in [0.29, 0.717) is 17.8 Å². The quantitative estimate of drug-likeness (QED) is 0.586. The van der Waals surface area contributed by atoms with Crippen LogP contribution in [0.15, 0.2) is 61.2 Å². The molecule has 0 aromatic heterocycles. The Morgan fingerprint density at radius 2 is 1.67 bits per heavy atom. The van der Waals surface area contributed by atoms with E-state index in [1.807, 2.05) is 24.3 Å². The first-order valence-electron chi connectivity index (χ1n) is 9.49. The van der Waals surface area contributed by atoms with Gasteiger partial charge in [-0.3, -0.25) is 9.69 Å². The summed E-state index contributed by atoms with van der Waals surface area (Å²) in [6.07, 6.45) is -3.11. The lowest BCUT2D eigenvalue weighted by Crippen LogP contribution is -2.34. The Morgan fingerprint density at radius 3 is 2.13 bits per heavy atom. The number of hydrogen-bond donors (Lipinski definition) is 1. The number of nitrogens with zero attached hydrogens (tertiary/aromatic N) is 1. The van der Waals surface area contributed by atoms with Gasteiger partial charge >= 0.3 is 6.36 Å². The van der Waals surface area contributed by atoms with Gasteiger partial charge in [0.1, 0.15) is 11.8 Å². The van der Waals surface area contributed by atoms with Gasteiger partial charge in [0.2, 0.25) is 5.91 Å². The van der Waals surface area contributed by atoms with Crippen LogP contribution < -0.4 is 10.1 Å². The Hall–Kier alpha value is -2.80. The monoisotopic (exact) mass is 420 g/mol. The van der Waals surface area contributed by atoms with Gasteiger partial charge in [0.25, 0.3) is 0 Å².